The van der Waals surface area contributed by atoms with E-state index in [2.05, 4.69) is 10.2 Å². The summed E-state index contributed by atoms with van der Waals surface area (Å²) in [6.45, 7) is 7.79. The van der Waals surface area contributed by atoms with Gasteiger partial charge in [-0.15, -0.1) is 0 Å². The summed E-state index contributed by atoms with van der Waals surface area (Å²) in [5, 5.41) is 6.65. The molecule has 0 bridgehead atoms. The molecule has 1 rings (SSSR count). The van der Waals surface area contributed by atoms with Crippen LogP contribution in [0.2, 0.25) is 0 Å². The smallest absolute Gasteiger partial charge is 0.247 e. The Labute approximate surface area is 108 Å². The largest absolute Gasteiger partial charge is 0.383 e. The predicted octanol–water partition coefficient (Wildman–Crippen LogP) is 1.07. The molecule has 0 unspecified atom stereocenters. The normalized spacial score (nSPS) is 12.6. The van der Waals surface area contributed by atoms with E-state index in [-0.39, 0.29) is 10.9 Å². The zero-order valence-electron chi connectivity index (χ0n) is 11.5. The minimum absolute atomic E-state index is 0.126. The fourth-order valence-corrected chi connectivity index (χ4v) is 3.83. The van der Waals surface area contributed by atoms with Crippen molar-refractivity contribution in [2.45, 2.75) is 38.6 Å². The number of aryl methyl sites for hydroxylation is 2. The van der Waals surface area contributed by atoms with E-state index in [1.54, 1.807) is 21.0 Å². The second-order valence-corrected chi connectivity index (χ2v) is 6.29. The maximum Gasteiger partial charge on any atom is 0.247 e. The predicted molar refractivity (Wildman–Crippen MR) is 69.0 cm³/mol. The molecule has 1 heterocycles. The summed E-state index contributed by atoms with van der Waals surface area (Å²) in [5.74, 6) is 0. The molecule has 0 amide bonds. The first-order chi connectivity index (χ1) is 8.32. The lowest BCUT2D eigenvalue weighted by Crippen LogP contribution is -2.39. The number of aromatic amines is 1. The van der Waals surface area contributed by atoms with Gasteiger partial charge in [0.2, 0.25) is 10.0 Å². The highest BCUT2D eigenvalue weighted by Gasteiger charge is 2.31. The lowest BCUT2D eigenvalue weighted by atomic mass is 10.4. The number of nitrogens with zero attached hydrogens (tertiary/aromatic N) is 2. The summed E-state index contributed by atoms with van der Waals surface area (Å²) in [6, 6.07) is -0.126. The van der Waals surface area contributed by atoms with E-state index in [4.69, 9.17) is 4.74 Å². The van der Waals surface area contributed by atoms with E-state index < -0.39 is 10.0 Å². The molecule has 0 radical (unpaired) electrons. The zero-order chi connectivity index (χ0) is 13.9. The summed E-state index contributed by atoms with van der Waals surface area (Å²) in [6.07, 6.45) is 0. The summed E-state index contributed by atoms with van der Waals surface area (Å²) in [7, 11) is -1.98. The van der Waals surface area contributed by atoms with Gasteiger partial charge in [-0.1, -0.05) is 0 Å². The van der Waals surface area contributed by atoms with Crippen LogP contribution in [-0.2, 0) is 14.8 Å². The van der Waals surface area contributed by atoms with Crippen molar-refractivity contribution in [3.63, 3.8) is 0 Å². The zero-order valence-corrected chi connectivity index (χ0v) is 12.3. The fraction of sp³-hybridized carbons (Fsp3) is 0.727. The number of aromatic nitrogens is 2. The molecule has 1 aromatic rings. The van der Waals surface area contributed by atoms with Crippen LogP contribution in [0.4, 0.5) is 0 Å². The lowest BCUT2D eigenvalue weighted by molar-refractivity contribution is 0.171. The van der Waals surface area contributed by atoms with Crippen LogP contribution >= 0.6 is 0 Å². The van der Waals surface area contributed by atoms with Crippen molar-refractivity contribution < 1.29 is 13.2 Å². The maximum absolute atomic E-state index is 12.6. The van der Waals surface area contributed by atoms with Gasteiger partial charge in [-0.3, -0.25) is 5.10 Å². The van der Waals surface area contributed by atoms with E-state index in [1.165, 1.54) is 4.31 Å². The summed E-state index contributed by atoms with van der Waals surface area (Å²) in [4.78, 5) is 0.271. The lowest BCUT2D eigenvalue weighted by Gasteiger charge is -2.25. The third kappa shape index (κ3) is 2.90. The van der Waals surface area contributed by atoms with Gasteiger partial charge in [0.05, 0.1) is 18.0 Å². The molecule has 18 heavy (non-hydrogen) atoms. The maximum atomic E-state index is 12.6. The second kappa shape index (κ2) is 5.81. The van der Waals surface area contributed by atoms with Crippen molar-refractivity contribution in [1.82, 2.24) is 14.5 Å². The highest BCUT2D eigenvalue weighted by Crippen LogP contribution is 2.23. The number of H-pyrrole nitrogens is 1. The number of hydrogen-bond acceptors (Lipinski definition) is 4. The Kier molecular flexibility index (Phi) is 4.89. The van der Waals surface area contributed by atoms with Gasteiger partial charge >= 0.3 is 0 Å². The topological polar surface area (TPSA) is 75.3 Å². The van der Waals surface area contributed by atoms with Gasteiger partial charge in [-0.05, 0) is 27.7 Å². The summed E-state index contributed by atoms with van der Waals surface area (Å²) in [5.41, 5.74) is 1.06. The molecule has 7 heteroatoms. The molecule has 0 aliphatic rings. The van der Waals surface area contributed by atoms with Crippen molar-refractivity contribution >= 4 is 10.0 Å². The summed E-state index contributed by atoms with van der Waals surface area (Å²) >= 11 is 0. The van der Waals surface area contributed by atoms with Crippen LogP contribution in [0.3, 0.4) is 0 Å². The van der Waals surface area contributed by atoms with Crippen molar-refractivity contribution in [3.05, 3.63) is 11.4 Å². The highest BCUT2D eigenvalue weighted by atomic mass is 32.2. The molecule has 1 aromatic heterocycles. The van der Waals surface area contributed by atoms with Crippen molar-refractivity contribution in [1.29, 1.82) is 0 Å². The molecule has 0 saturated heterocycles. The molecule has 0 aliphatic carbocycles. The Bertz CT molecular complexity index is 474. The van der Waals surface area contributed by atoms with Crippen molar-refractivity contribution in [2.75, 3.05) is 20.3 Å². The van der Waals surface area contributed by atoms with Crippen LogP contribution in [-0.4, -0.2) is 49.2 Å². The minimum atomic E-state index is -3.53. The third-order valence-corrected chi connectivity index (χ3v) is 5.06. The molecule has 0 aromatic carbocycles. The molecule has 0 aliphatic heterocycles. The number of nitrogens with one attached hydrogen (secondary N) is 1. The molecule has 0 saturated carbocycles. The molecule has 0 fully saturated rings. The molecule has 0 spiro atoms. The second-order valence-electron chi connectivity index (χ2n) is 4.47. The van der Waals surface area contributed by atoms with Crippen LogP contribution in [0, 0.1) is 13.8 Å². The van der Waals surface area contributed by atoms with Gasteiger partial charge < -0.3 is 4.74 Å². The molecule has 6 nitrogen and oxygen atoms in total. The standard InChI is InChI=1S/C11H21N3O3S/c1-8(2)14(6-7-17-5)18(15,16)11-9(3)12-13-10(11)4/h8H,6-7H2,1-5H3,(H,12,13). The minimum Gasteiger partial charge on any atom is -0.383 e. The average Bonchev–Trinajstić information content (AvgIpc) is 2.58. The van der Waals surface area contributed by atoms with Gasteiger partial charge in [0.1, 0.15) is 4.90 Å². The van der Waals surface area contributed by atoms with Gasteiger partial charge in [-0.2, -0.15) is 9.40 Å². The monoisotopic (exact) mass is 275 g/mol. The number of hydrogen-bond donors (Lipinski definition) is 1. The van der Waals surface area contributed by atoms with E-state index in [0.29, 0.717) is 24.5 Å². The number of rotatable bonds is 6. The van der Waals surface area contributed by atoms with Gasteiger partial charge in [0, 0.05) is 19.7 Å². The fourth-order valence-electron chi connectivity index (χ4n) is 1.88. The van der Waals surface area contributed by atoms with Gasteiger partial charge in [-0.25, -0.2) is 8.42 Å². The molecule has 0 atom stereocenters. The quantitative estimate of drug-likeness (QED) is 0.842. The Hall–Kier alpha value is -0.920. The first-order valence-electron chi connectivity index (χ1n) is 5.84. The van der Waals surface area contributed by atoms with E-state index >= 15 is 0 Å². The van der Waals surface area contributed by atoms with Crippen molar-refractivity contribution in [2.24, 2.45) is 0 Å². The van der Waals surface area contributed by atoms with E-state index in [9.17, 15) is 8.42 Å². The SMILES string of the molecule is COCCN(C(C)C)S(=O)(=O)c1c(C)n[nH]c1C. The molecule has 1 N–H and O–H groups in total. The first-order valence-corrected chi connectivity index (χ1v) is 7.28. The number of methoxy groups -OCH3 is 1. The summed E-state index contributed by atoms with van der Waals surface area (Å²) < 4.78 is 31.6. The average molecular weight is 275 g/mol. The Morgan fingerprint density at radius 3 is 2.39 bits per heavy atom. The van der Waals surface area contributed by atoms with Crippen LogP contribution in [0.15, 0.2) is 4.90 Å². The van der Waals surface area contributed by atoms with Crippen LogP contribution in [0.5, 0.6) is 0 Å². The molecule has 104 valence electrons. The van der Waals surface area contributed by atoms with Gasteiger partial charge in [0.15, 0.2) is 0 Å². The van der Waals surface area contributed by atoms with Crippen molar-refractivity contribution in [3.8, 4) is 0 Å². The van der Waals surface area contributed by atoms with Crippen LogP contribution < -0.4 is 0 Å². The third-order valence-electron chi connectivity index (χ3n) is 2.72. The van der Waals surface area contributed by atoms with Crippen LogP contribution in [0.1, 0.15) is 25.2 Å². The Balaban J connectivity index is 3.17. The first kappa shape index (κ1) is 15.1. The number of ether oxygens (including phenoxy) is 1. The van der Waals surface area contributed by atoms with Gasteiger partial charge in [0.25, 0.3) is 0 Å². The molecular formula is C11H21N3O3S. The molecular weight excluding hydrogens is 254 g/mol. The number of sulfonamides is 1. The highest BCUT2D eigenvalue weighted by molar-refractivity contribution is 7.89. The Morgan fingerprint density at radius 1 is 1.39 bits per heavy atom. The van der Waals surface area contributed by atoms with E-state index in [0.717, 1.165) is 0 Å². The van der Waals surface area contributed by atoms with Crippen LogP contribution in [0.25, 0.3) is 0 Å². The van der Waals surface area contributed by atoms with E-state index in [1.807, 2.05) is 13.8 Å². The Morgan fingerprint density at radius 2 is 2.00 bits per heavy atom.